The van der Waals surface area contributed by atoms with Crippen LogP contribution in [0.5, 0.6) is 0 Å². The van der Waals surface area contributed by atoms with Gasteiger partial charge in [-0.3, -0.25) is 0 Å². The molecule has 0 radical (unpaired) electrons. The zero-order valence-electron chi connectivity index (χ0n) is 10.5. The molecule has 18 heavy (non-hydrogen) atoms. The lowest BCUT2D eigenvalue weighted by Crippen LogP contribution is -2.11. The van der Waals surface area contributed by atoms with Crippen LogP contribution in [-0.2, 0) is 13.0 Å². The number of anilines is 2. The van der Waals surface area contributed by atoms with Gasteiger partial charge in [0.1, 0.15) is 17.5 Å². The fraction of sp³-hybridized carbons (Fsp3) is 0.333. The fourth-order valence-corrected chi connectivity index (χ4v) is 2.66. The summed E-state index contributed by atoms with van der Waals surface area (Å²) in [6.07, 6.45) is 1.05. The number of thiophene rings is 1. The van der Waals surface area contributed by atoms with Crippen molar-refractivity contribution in [3.63, 3.8) is 0 Å². The summed E-state index contributed by atoms with van der Waals surface area (Å²) in [6, 6.07) is 3.96. The maximum atomic E-state index is 5.36. The summed E-state index contributed by atoms with van der Waals surface area (Å²) >= 11 is 1.76. The Hall–Kier alpha value is -1.66. The maximum absolute atomic E-state index is 5.36. The highest BCUT2D eigenvalue weighted by molar-refractivity contribution is 7.10. The highest BCUT2D eigenvalue weighted by Crippen LogP contribution is 2.19. The van der Waals surface area contributed by atoms with Crippen LogP contribution < -0.4 is 16.6 Å². The predicted molar refractivity (Wildman–Crippen MR) is 75.6 cm³/mol. The summed E-state index contributed by atoms with van der Waals surface area (Å²) in [7, 11) is 0. The van der Waals surface area contributed by atoms with Gasteiger partial charge in [-0.2, -0.15) is 0 Å². The van der Waals surface area contributed by atoms with Gasteiger partial charge in [0.25, 0.3) is 0 Å². The second-order valence-electron chi connectivity index (χ2n) is 3.91. The molecule has 2 aromatic heterocycles. The third-order valence-corrected chi connectivity index (χ3v) is 3.60. The second kappa shape index (κ2) is 5.79. The molecule has 2 aromatic rings. The topological polar surface area (TPSA) is 75.9 Å². The molecule has 0 saturated heterocycles. The Balaban J connectivity index is 2.08. The molecule has 0 aliphatic heterocycles. The van der Waals surface area contributed by atoms with E-state index in [0.717, 1.165) is 18.8 Å². The molecule has 2 rings (SSSR count). The molecule has 0 unspecified atom stereocenters. The predicted octanol–water partition coefficient (Wildman–Crippen LogP) is 2.31. The molecular weight excluding hydrogens is 246 g/mol. The van der Waals surface area contributed by atoms with Gasteiger partial charge in [0, 0.05) is 10.9 Å². The molecule has 0 saturated carbocycles. The van der Waals surface area contributed by atoms with E-state index in [2.05, 4.69) is 39.1 Å². The summed E-state index contributed by atoms with van der Waals surface area (Å²) < 4.78 is 0. The zero-order valence-corrected chi connectivity index (χ0v) is 11.3. The van der Waals surface area contributed by atoms with Crippen molar-refractivity contribution in [2.45, 2.75) is 26.8 Å². The van der Waals surface area contributed by atoms with E-state index in [1.807, 2.05) is 6.92 Å². The Labute approximate surface area is 110 Å². The number of nitrogens with one attached hydrogen (secondary N) is 2. The lowest BCUT2D eigenvalue weighted by atomic mass is 10.2. The minimum absolute atomic E-state index is 0.617. The quantitative estimate of drug-likeness (QED) is 0.570. The third-order valence-electron chi connectivity index (χ3n) is 2.63. The van der Waals surface area contributed by atoms with Crippen molar-refractivity contribution in [3.8, 4) is 0 Å². The van der Waals surface area contributed by atoms with E-state index in [1.54, 1.807) is 17.4 Å². The molecule has 0 fully saturated rings. The van der Waals surface area contributed by atoms with Crippen molar-refractivity contribution in [2.75, 3.05) is 10.7 Å². The van der Waals surface area contributed by atoms with Crippen molar-refractivity contribution < 1.29 is 0 Å². The Morgan fingerprint density at radius 3 is 2.83 bits per heavy atom. The van der Waals surface area contributed by atoms with Crippen molar-refractivity contribution >= 4 is 23.0 Å². The Morgan fingerprint density at radius 2 is 2.11 bits per heavy atom. The van der Waals surface area contributed by atoms with Crippen LogP contribution in [0.25, 0.3) is 0 Å². The van der Waals surface area contributed by atoms with Crippen LogP contribution in [0.15, 0.2) is 17.5 Å². The first-order valence-electron chi connectivity index (χ1n) is 5.84. The molecule has 0 aliphatic carbocycles. The molecule has 4 N–H and O–H groups in total. The van der Waals surface area contributed by atoms with E-state index < -0.39 is 0 Å². The van der Waals surface area contributed by atoms with Crippen LogP contribution in [0.1, 0.15) is 23.2 Å². The summed E-state index contributed by atoms with van der Waals surface area (Å²) in [6.45, 7) is 4.78. The molecule has 5 nitrogen and oxygen atoms in total. The number of aromatic nitrogens is 2. The highest BCUT2D eigenvalue weighted by atomic mass is 32.1. The first-order valence-corrected chi connectivity index (χ1v) is 6.72. The van der Waals surface area contributed by atoms with E-state index in [1.165, 1.54) is 10.4 Å². The third kappa shape index (κ3) is 2.96. The maximum Gasteiger partial charge on any atom is 0.145 e. The summed E-state index contributed by atoms with van der Waals surface area (Å²) in [5.74, 6) is 7.45. The fourth-order valence-electron chi connectivity index (χ4n) is 1.74. The van der Waals surface area contributed by atoms with Crippen LogP contribution in [0, 0.1) is 6.92 Å². The standard InChI is InChI=1S/C12H17N5S/c1-3-9-4-5-18-10(9)7-14-11-6-12(17-13)16-8(2)15-11/h4-6H,3,7,13H2,1-2H3,(H2,14,15,16,17). The molecule has 0 spiro atoms. The number of nitrogens with two attached hydrogens (primary N) is 1. The normalized spacial score (nSPS) is 10.4. The van der Waals surface area contributed by atoms with Gasteiger partial charge in [-0.1, -0.05) is 6.92 Å². The molecule has 96 valence electrons. The summed E-state index contributed by atoms with van der Waals surface area (Å²) in [4.78, 5) is 9.81. The minimum atomic E-state index is 0.617. The number of nitrogens with zero attached hydrogens (tertiary/aromatic N) is 2. The number of aryl methyl sites for hydroxylation is 2. The van der Waals surface area contributed by atoms with Gasteiger partial charge in [0.2, 0.25) is 0 Å². The van der Waals surface area contributed by atoms with Crippen molar-refractivity contribution in [3.05, 3.63) is 33.8 Å². The first-order chi connectivity index (χ1) is 8.72. The van der Waals surface area contributed by atoms with Crippen LogP contribution in [0.2, 0.25) is 0 Å². The van der Waals surface area contributed by atoms with Crippen LogP contribution in [0.4, 0.5) is 11.6 Å². The Kier molecular flexibility index (Phi) is 4.11. The average Bonchev–Trinajstić information content (AvgIpc) is 2.83. The molecule has 0 aliphatic rings. The van der Waals surface area contributed by atoms with E-state index in [9.17, 15) is 0 Å². The summed E-state index contributed by atoms with van der Waals surface area (Å²) in [5.41, 5.74) is 3.92. The van der Waals surface area contributed by atoms with Gasteiger partial charge in [-0.25, -0.2) is 15.8 Å². The van der Waals surface area contributed by atoms with Crippen molar-refractivity contribution in [2.24, 2.45) is 5.84 Å². The van der Waals surface area contributed by atoms with Gasteiger partial charge in [0.15, 0.2) is 0 Å². The van der Waals surface area contributed by atoms with Crippen molar-refractivity contribution in [1.82, 2.24) is 9.97 Å². The first kappa shape index (κ1) is 12.8. The van der Waals surface area contributed by atoms with Crippen molar-refractivity contribution in [1.29, 1.82) is 0 Å². The van der Waals surface area contributed by atoms with Crippen LogP contribution in [0.3, 0.4) is 0 Å². The van der Waals surface area contributed by atoms with Gasteiger partial charge >= 0.3 is 0 Å². The van der Waals surface area contributed by atoms with Gasteiger partial charge < -0.3 is 10.7 Å². The Morgan fingerprint density at radius 1 is 1.33 bits per heavy atom. The summed E-state index contributed by atoms with van der Waals surface area (Å²) in [5, 5.41) is 5.42. The van der Waals surface area contributed by atoms with Gasteiger partial charge in [0.05, 0.1) is 6.54 Å². The van der Waals surface area contributed by atoms with Gasteiger partial charge in [-0.05, 0) is 30.4 Å². The van der Waals surface area contributed by atoms with Gasteiger partial charge in [-0.15, -0.1) is 11.3 Å². The smallest absolute Gasteiger partial charge is 0.145 e. The number of hydrazine groups is 1. The molecule has 6 heteroatoms. The van der Waals surface area contributed by atoms with E-state index in [4.69, 9.17) is 5.84 Å². The van der Waals surface area contributed by atoms with E-state index in [-0.39, 0.29) is 0 Å². The molecule has 0 bridgehead atoms. The molecule has 0 amide bonds. The largest absolute Gasteiger partial charge is 0.365 e. The number of hydrogen-bond acceptors (Lipinski definition) is 6. The molecule has 0 atom stereocenters. The number of rotatable bonds is 5. The monoisotopic (exact) mass is 263 g/mol. The molecule has 0 aromatic carbocycles. The molecule has 2 heterocycles. The SMILES string of the molecule is CCc1ccsc1CNc1cc(NN)nc(C)n1. The zero-order chi connectivity index (χ0) is 13.0. The lowest BCUT2D eigenvalue weighted by Gasteiger charge is -2.08. The second-order valence-corrected chi connectivity index (χ2v) is 4.91. The lowest BCUT2D eigenvalue weighted by molar-refractivity contribution is 1.01. The average molecular weight is 263 g/mol. The minimum Gasteiger partial charge on any atom is -0.365 e. The van der Waals surface area contributed by atoms with Crippen LogP contribution >= 0.6 is 11.3 Å². The number of hydrogen-bond donors (Lipinski definition) is 3. The Bertz CT molecular complexity index is 523. The highest BCUT2D eigenvalue weighted by Gasteiger charge is 2.04. The van der Waals surface area contributed by atoms with Crippen LogP contribution in [-0.4, -0.2) is 9.97 Å². The van der Waals surface area contributed by atoms with E-state index >= 15 is 0 Å². The number of nitrogen functional groups attached to an aromatic ring is 1. The van der Waals surface area contributed by atoms with E-state index in [0.29, 0.717) is 11.6 Å². The molecular formula is C12H17N5S.